The Hall–Kier alpha value is -2.31. The highest BCUT2D eigenvalue weighted by molar-refractivity contribution is 7.89. The van der Waals surface area contributed by atoms with Gasteiger partial charge in [-0.05, 0) is 49.5 Å². The van der Waals surface area contributed by atoms with Gasteiger partial charge in [-0.15, -0.1) is 0 Å². The number of amides is 1. The van der Waals surface area contributed by atoms with Crippen LogP contribution in [0.25, 0.3) is 0 Å². The van der Waals surface area contributed by atoms with Crippen LogP contribution in [0.15, 0.2) is 58.3 Å². The molecule has 1 N–H and O–H groups in total. The molecule has 2 aromatic rings. The molecular weight excluding hydrogens is 440 g/mol. The van der Waals surface area contributed by atoms with Crippen molar-refractivity contribution >= 4 is 31.6 Å². The van der Waals surface area contributed by atoms with Crippen molar-refractivity contribution in [2.24, 2.45) is 0 Å². The highest BCUT2D eigenvalue weighted by atomic mass is 32.2. The van der Waals surface area contributed by atoms with Crippen LogP contribution >= 0.6 is 0 Å². The molecule has 0 aromatic heterocycles. The molecule has 1 heterocycles. The summed E-state index contributed by atoms with van der Waals surface area (Å²) in [6, 6.07) is 11.7. The Balaban J connectivity index is 1.76. The van der Waals surface area contributed by atoms with Gasteiger partial charge in [0.15, 0.2) is 0 Å². The first kappa shape index (κ1) is 23.4. The quantitative estimate of drug-likeness (QED) is 0.684. The fraction of sp³-hybridized carbons (Fsp3) is 0.350. The summed E-state index contributed by atoms with van der Waals surface area (Å²) in [5, 5.41) is 2.67. The molecule has 1 fully saturated rings. The first-order valence-electron chi connectivity index (χ1n) is 9.64. The van der Waals surface area contributed by atoms with Crippen molar-refractivity contribution in [2.75, 3.05) is 52.6 Å². The Morgan fingerprint density at radius 1 is 0.903 bits per heavy atom. The number of benzene rings is 2. The Morgan fingerprint density at radius 3 is 2.10 bits per heavy atom. The summed E-state index contributed by atoms with van der Waals surface area (Å²) < 4.78 is 52.7. The van der Waals surface area contributed by atoms with Gasteiger partial charge in [0.2, 0.25) is 20.0 Å². The lowest BCUT2D eigenvalue weighted by Crippen LogP contribution is -2.47. The van der Waals surface area contributed by atoms with Gasteiger partial charge in [-0.1, -0.05) is 6.07 Å². The normalized spacial score (nSPS) is 16.4. The van der Waals surface area contributed by atoms with Crippen LogP contribution in [0.3, 0.4) is 0 Å². The second-order valence-electron chi connectivity index (χ2n) is 7.50. The van der Waals surface area contributed by atoms with E-state index in [9.17, 15) is 21.6 Å². The number of piperazine rings is 1. The number of hydrogen-bond acceptors (Lipinski definition) is 6. The Morgan fingerprint density at radius 2 is 1.52 bits per heavy atom. The van der Waals surface area contributed by atoms with E-state index in [0.717, 1.165) is 4.31 Å². The molecule has 0 radical (unpaired) electrons. The van der Waals surface area contributed by atoms with Gasteiger partial charge in [0.25, 0.3) is 5.91 Å². The fourth-order valence-electron chi connectivity index (χ4n) is 3.10. The van der Waals surface area contributed by atoms with E-state index < -0.39 is 26.0 Å². The van der Waals surface area contributed by atoms with Crippen molar-refractivity contribution in [3.8, 4) is 0 Å². The Kier molecular flexibility index (Phi) is 6.82. The van der Waals surface area contributed by atoms with Crippen LogP contribution in [0.1, 0.15) is 10.4 Å². The van der Waals surface area contributed by atoms with Crippen molar-refractivity contribution in [1.82, 2.24) is 13.5 Å². The predicted molar refractivity (Wildman–Crippen MR) is 118 cm³/mol. The number of carbonyl (C=O) groups excluding carboxylic acids is 1. The third kappa shape index (κ3) is 5.13. The molecule has 31 heavy (non-hydrogen) atoms. The minimum absolute atomic E-state index is 0.0668. The second kappa shape index (κ2) is 9.05. The van der Waals surface area contributed by atoms with Gasteiger partial charge in [0, 0.05) is 51.5 Å². The molecule has 2 aromatic carbocycles. The molecule has 0 bridgehead atoms. The topological polar surface area (TPSA) is 107 Å². The van der Waals surface area contributed by atoms with Gasteiger partial charge < -0.3 is 10.2 Å². The van der Waals surface area contributed by atoms with Crippen molar-refractivity contribution in [3.05, 3.63) is 54.1 Å². The maximum atomic E-state index is 12.9. The minimum atomic E-state index is -3.69. The van der Waals surface area contributed by atoms with Gasteiger partial charge in [-0.25, -0.2) is 21.1 Å². The van der Waals surface area contributed by atoms with E-state index in [4.69, 9.17) is 0 Å². The Labute approximate surface area is 183 Å². The van der Waals surface area contributed by atoms with Crippen LogP contribution in [0, 0.1) is 0 Å². The van der Waals surface area contributed by atoms with Crippen LogP contribution in [0.4, 0.5) is 5.69 Å². The molecule has 0 unspecified atom stereocenters. The average Bonchev–Trinajstić information content (AvgIpc) is 2.74. The number of nitrogens with zero attached hydrogens (tertiary/aromatic N) is 3. The number of carbonyl (C=O) groups is 1. The van der Waals surface area contributed by atoms with E-state index in [2.05, 4.69) is 10.2 Å². The number of sulfonamides is 2. The summed E-state index contributed by atoms with van der Waals surface area (Å²) >= 11 is 0. The zero-order chi connectivity index (χ0) is 22.8. The zero-order valence-corrected chi connectivity index (χ0v) is 19.3. The molecule has 11 heteroatoms. The first-order valence-corrected chi connectivity index (χ1v) is 12.5. The maximum absolute atomic E-state index is 12.9. The van der Waals surface area contributed by atoms with E-state index in [1.807, 2.05) is 7.05 Å². The summed E-state index contributed by atoms with van der Waals surface area (Å²) in [5.41, 5.74) is 0.593. The van der Waals surface area contributed by atoms with E-state index >= 15 is 0 Å². The second-order valence-corrected chi connectivity index (χ2v) is 11.6. The van der Waals surface area contributed by atoms with Crippen LogP contribution in [-0.4, -0.2) is 83.6 Å². The lowest BCUT2D eigenvalue weighted by Gasteiger charge is -2.31. The molecule has 168 valence electrons. The molecule has 1 aliphatic rings. The first-order chi connectivity index (χ1) is 14.5. The molecule has 1 aliphatic heterocycles. The summed E-state index contributed by atoms with van der Waals surface area (Å²) in [4.78, 5) is 14.9. The van der Waals surface area contributed by atoms with Crippen LogP contribution in [0.2, 0.25) is 0 Å². The minimum Gasteiger partial charge on any atom is -0.322 e. The monoisotopic (exact) mass is 466 g/mol. The number of likely N-dealkylation sites (N-methyl/N-ethyl adjacent to an activating group) is 1. The molecule has 1 saturated heterocycles. The summed E-state index contributed by atoms with van der Waals surface area (Å²) in [7, 11) is -2.43. The van der Waals surface area contributed by atoms with Crippen LogP contribution < -0.4 is 5.32 Å². The van der Waals surface area contributed by atoms with Gasteiger partial charge in [-0.2, -0.15) is 4.31 Å². The third-order valence-corrected chi connectivity index (χ3v) is 8.81. The number of nitrogens with one attached hydrogen (secondary N) is 1. The highest BCUT2D eigenvalue weighted by Gasteiger charge is 2.28. The maximum Gasteiger partial charge on any atom is 0.255 e. The molecule has 9 nitrogen and oxygen atoms in total. The van der Waals surface area contributed by atoms with Crippen molar-refractivity contribution in [2.45, 2.75) is 9.79 Å². The van der Waals surface area contributed by atoms with Crippen LogP contribution in [0.5, 0.6) is 0 Å². The standard InChI is InChI=1S/C20H26N4O5S2/c1-22(2)30(26,27)18-9-7-17(8-10-18)21-20(25)16-5-4-6-19(15-16)31(28,29)24-13-11-23(3)12-14-24/h4-10,15H,11-14H2,1-3H3,(H,21,25). The average molecular weight is 467 g/mol. The molecular formula is C20H26N4O5S2. The molecule has 0 saturated carbocycles. The smallest absolute Gasteiger partial charge is 0.255 e. The van der Waals surface area contributed by atoms with Gasteiger partial charge >= 0.3 is 0 Å². The van der Waals surface area contributed by atoms with E-state index in [1.165, 1.54) is 66.9 Å². The van der Waals surface area contributed by atoms with E-state index in [0.29, 0.717) is 31.9 Å². The molecule has 0 aliphatic carbocycles. The SMILES string of the molecule is CN1CCN(S(=O)(=O)c2cccc(C(=O)Nc3ccc(S(=O)(=O)N(C)C)cc3)c2)CC1. The van der Waals surface area contributed by atoms with E-state index in [1.54, 1.807) is 0 Å². The van der Waals surface area contributed by atoms with Crippen molar-refractivity contribution < 1.29 is 21.6 Å². The summed E-state index contributed by atoms with van der Waals surface area (Å²) in [6.45, 7) is 2.10. The van der Waals surface area contributed by atoms with E-state index in [-0.39, 0.29) is 15.4 Å². The number of anilines is 1. The van der Waals surface area contributed by atoms with Gasteiger partial charge in [-0.3, -0.25) is 4.79 Å². The predicted octanol–water partition coefficient (Wildman–Crippen LogP) is 1.13. The van der Waals surface area contributed by atoms with Crippen molar-refractivity contribution in [3.63, 3.8) is 0 Å². The molecule has 1 amide bonds. The molecule has 0 spiro atoms. The van der Waals surface area contributed by atoms with Crippen molar-refractivity contribution in [1.29, 1.82) is 0 Å². The lowest BCUT2D eigenvalue weighted by atomic mass is 10.2. The fourth-order valence-corrected chi connectivity index (χ4v) is 5.47. The van der Waals surface area contributed by atoms with Crippen LogP contribution in [-0.2, 0) is 20.0 Å². The highest BCUT2D eigenvalue weighted by Crippen LogP contribution is 2.20. The lowest BCUT2D eigenvalue weighted by molar-refractivity contribution is 0.102. The number of hydrogen-bond donors (Lipinski definition) is 1. The summed E-state index contributed by atoms with van der Waals surface area (Å²) in [6.07, 6.45) is 0. The molecule has 0 atom stereocenters. The van der Waals surface area contributed by atoms with Gasteiger partial charge in [0.1, 0.15) is 0 Å². The van der Waals surface area contributed by atoms with Gasteiger partial charge in [0.05, 0.1) is 9.79 Å². The zero-order valence-electron chi connectivity index (χ0n) is 17.6. The number of rotatable bonds is 6. The molecule has 3 rings (SSSR count). The third-order valence-electron chi connectivity index (χ3n) is 5.09. The largest absolute Gasteiger partial charge is 0.322 e. The Bertz CT molecular complexity index is 1150. The summed E-state index contributed by atoms with van der Waals surface area (Å²) in [5.74, 6) is -0.487.